The van der Waals surface area contributed by atoms with Crippen LogP contribution >= 0.6 is 11.6 Å². The van der Waals surface area contributed by atoms with Crippen molar-refractivity contribution in [3.8, 4) is 0 Å². The van der Waals surface area contributed by atoms with E-state index in [1.54, 1.807) is 12.3 Å². The number of anilines is 2. The minimum absolute atomic E-state index is 0.404. The third kappa shape index (κ3) is 2.91. The Kier molecular flexibility index (Phi) is 3.54. The van der Waals surface area contributed by atoms with Crippen LogP contribution in [0.2, 0.25) is 5.22 Å². The lowest BCUT2D eigenvalue weighted by molar-refractivity contribution is 0.520. The van der Waals surface area contributed by atoms with Crippen LogP contribution in [0, 0.1) is 0 Å². The van der Waals surface area contributed by atoms with Gasteiger partial charge < -0.3 is 14.6 Å². The van der Waals surface area contributed by atoms with Gasteiger partial charge >= 0.3 is 0 Å². The predicted molar refractivity (Wildman–Crippen MR) is 69.6 cm³/mol. The Morgan fingerprint density at radius 2 is 2.18 bits per heavy atom. The Bertz CT molecular complexity index is 496. The van der Waals surface area contributed by atoms with Crippen molar-refractivity contribution in [1.29, 1.82) is 0 Å². The number of pyridine rings is 1. The molecule has 0 aromatic carbocycles. The molecule has 0 aliphatic rings. The molecule has 4 nitrogen and oxygen atoms in total. The molecule has 1 N–H and O–H groups in total. The Labute approximate surface area is 105 Å². The molecule has 0 bridgehead atoms. The van der Waals surface area contributed by atoms with Gasteiger partial charge in [-0.2, -0.15) is 0 Å². The van der Waals surface area contributed by atoms with E-state index in [2.05, 4.69) is 10.3 Å². The quantitative estimate of drug-likeness (QED) is 0.907. The van der Waals surface area contributed by atoms with Crippen LogP contribution in [-0.2, 0) is 6.54 Å². The van der Waals surface area contributed by atoms with Crippen molar-refractivity contribution >= 4 is 23.1 Å². The van der Waals surface area contributed by atoms with Crippen molar-refractivity contribution < 1.29 is 4.42 Å². The first-order valence-electron chi connectivity index (χ1n) is 5.27. The van der Waals surface area contributed by atoms with Gasteiger partial charge in [0, 0.05) is 20.3 Å². The van der Waals surface area contributed by atoms with E-state index in [1.165, 1.54) is 0 Å². The van der Waals surface area contributed by atoms with Crippen molar-refractivity contribution in [2.75, 3.05) is 24.3 Å². The largest absolute Gasteiger partial charge is 0.448 e. The summed E-state index contributed by atoms with van der Waals surface area (Å²) in [5.74, 6) is 1.69. The van der Waals surface area contributed by atoms with Crippen LogP contribution < -0.4 is 10.2 Å². The minimum Gasteiger partial charge on any atom is -0.448 e. The number of rotatable bonds is 4. The van der Waals surface area contributed by atoms with Crippen molar-refractivity contribution in [1.82, 2.24) is 4.98 Å². The first-order chi connectivity index (χ1) is 8.16. The molecule has 0 saturated heterocycles. The van der Waals surface area contributed by atoms with Crippen molar-refractivity contribution in [2.45, 2.75) is 6.54 Å². The SMILES string of the molecule is CN(C)c1ncccc1NCc1ccc(Cl)o1. The Balaban J connectivity index is 2.08. The maximum absolute atomic E-state index is 5.71. The van der Waals surface area contributed by atoms with Crippen LogP contribution in [0.25, 0.3) is 0 Å². The van der Waals surface area contributed by atoms with Gasteiger partial charge in [-0.05, 0) is 35.9 Å². The normalized spacial score (nSPS) is 10.3. The monoisotopic (exact) mass is 251 g/mol. The number of hydrogen-bond acceptors (Lipinski definition) is 4. The Morgan fingerprint density at radius 3 is 2.82 bits per heavy atom. The lowest BCUT2D eigenvalue weighted by Gasteiger charge is -2.16. The fourth-order valence-corrected chi connectivity index (χ4v) is 1.68. The summed E-state index contributed by atoms with van der Waals surface area (Å²) < 4.78 is 5.27. The van der Waals surface area contributed by atoms with Crippen molar-refractivity contribution in [3.05, 3.63) is 41.4 Å². The van der Waals surface area contributed by atoms with Crippen LogP contribution in [0.3, 0.4) is 0 Å². The zero-order valence-corrected chi connectivity index (χ0v) is 10.5. The van der Waals surface area contributed by atoms with Crippen LogP contribution in [0.15, 0.2) is 34.9 Å². The highest BCUT2D eigenvalue weighted by molar-refractivity contribution is 6.28. The third-order valence-corrected chi connectivity index (χ3v) is 2.50. The Hall–Kier alpha value is -1.68. The predicted octanol–water partition coefficient (Wildman–Crippen LogP) is 3.01. The highest BCUT2D eigenvalue weighted by Crippen LogP contribution is 2.21. The van der Waals surface area contributed by atoms with E-state index in [0.29, 0.717) is 11.8 Å². The van der Waals surface area contributed by atoms with E-state index in [1.807, 2.05) is 37.2 Å². The second-order valence-electron chi connectivity index (χ2n) is 3.83. The average Bonchev–Trinajstić information content (AvgIpc) is 2.73. The van der Waals surface area contributed by atoms with Crippen LogP contribution in [0.1, 0.15) is 5.76 Å². The summed E-state index contributed by atoms with van der Waals surface area (Å²) in [5, 5.41) is 3.67. The maximum Gasteiger partial charge on any atom is 0.193 e. The number of hydrogen-bond donors (Lipinski definition) is 1. The zero-order valence-electron chi connectivity index (χ0n) is 9.77. The minimum atomic E-state index is 0.404. The molecule has 0 atom stereocenters. The molecule has 0 aliphatic carbocycles. The fourth-order valence-electron chi connectivity index (χ4n) is 1.52. The molecule has 0 spiro atoms. The molecule has 2 aromatic rings. The van der Waals surface area contributed by atoms with Gasteiger partial charge in [-0.15, -0.1) is 0 Å². The molecular formula is C12H14ClN3O. The fraction of sp³-hybridized carbons (Fsp3) is 0.250. The van der Waals surface area contributed by atoms with E-state index in [9.17, 15) is 0 Å². The molecule has 0 amide bonds. The average molecular weight is 252 g/mol. The summed E-state index contributed by atoms with van der Waals surface area (Å²) in [6, 6.07) is 7.45. The molecule has 0 saturated carbocycles. The van der Waals surface area contributed by atoms with E-state index in [0.717, 1.165) is 17.3 Å². The molecule has 17 heavy (non-hydrogen) atoms. The van der Waals surface area contributed by atoms with Crippen LogP contribution in [0.5, 0.6) is 0 Å². The first-order valence-corrected chi connectivity index (χ1v) is 5.65. The molecular weight excluding hydrogens is 238 g/mol. The van der Waals surface area contributed by atoms with Gasteiger partial charge in [0.05, 0.1) is 12.2 Å². The standard InChI is InChI=1S/C12H14ClN3O/c1-16(2)12-10(4-3-7-14-12)15-8-9-5-6-11(13)17-9/h3-7,15H,8H2,1-2H3. The lowest BCUT2D eigenvalue weighted by Crippen LogP contribution is -2.13. The molecule has 0 aliphatic heterocycles. The Morgan fingerprint density at radius 1 is 1.35 bits per heavy atom. The van der Waals surface area contributed by atoms with E-state index in [-0.39, 0.29) is 0 Å². The summed E-state index contributed by atoms with van der Waals surface area (Å²) in [5.41, 5.74) is 0.963. The van der Waals surface area contributed by atoms with Gasteiger partial charge in [0.15, 0.2) is 11.0 Å². The summed E-state index contributed by atoms with van der Waals surface area (Å²) in [6.45, 7) is 0.583. The highest BCUT2D eigenvalue weighted by Gasteiger charge is 2.06. The lowest BCUT2D eigenvalue weighted by atomic mass is 10.3. The van der Waals surface area contributed by atoms with Gasteiger partial charge in [0.2, 0.25) is 0 Å². The van der Waals surface area contributed by atoms with Gasteiger partial charge in [0.25, 0.3) is 0 Å². The molecule has 0 radical (unpaired) electrons. The molecule has 90 valence electrons. The maximum atomic E-state index is 5.71. The number of halogens is 1. The van der Waals surface area contributed by atoms with Crippen LogP contribution in [-0.4, -0.2) is 19.1 Å². The number of nitrogens with zero attached hydrogens (tertiary/aromatic N) is 2. The highest BCUT2D eigenvalue weighted by atomic mass is 35.5. The summed E-state index contributed by atoms with van der Waals surface area (Å²) >= 11 is 5.71. The van der Waals surface area contributed by atoms with Crippen molar-refractivity contribution in [2.24, 2.45) is 0 Å². The number of furan rings is 1. The number of aromatic nitrogens is 1. The smallest absolute Gasteiger partial charge is 0.193 e. The second kappa shape index (κ2) is 5.10. The number of nitrogens with one attached hydrogen (secondary N) is 1. The van der Waals surface area contributed by atoms with Gasteiger partial charge in [-0.25, -0.2) is 4.98 Å². The van der Waals surface area contributed by atoms with Gasteiger partial charge in [-0.3, -0.25) is 0 Å². The topological polar surface area (TPSA) is 41.3 Å². The van der Waals surface area contributed by atoms with E-state index >= 15 is 0 Å². The zero-order chi connectivity index (χ0) is 12.3. The molecule has 2 rings (SSSR count). The van der Waals surface area contributed by atoms with E-state index in [4.69, 9.17) is 16.0 Å². The summed E-state index contributed by atoms with van der Waals surface area (Å²) in [4.78, 5) is 6.26. The molecule has 0 fully saturated rings. The molecule has 0 unspecified atom stereocenters. The molecule has 2 heterocycles. The van der Waals surface area contributed by atoms with Gasteiger partial charge in [0.1, 0.15) is 5.76 Å². The molecule has 5 heteroatoms. The van der Waals surface area contributed by atoms with Crippen LogP contribution in [0.4, 0.5) is 11.5 Å². The summed E-state index contributed by atoms with van der Waals surface area (Å²) in [6.07, 6.45) is 1.77. The van der Waals surface area contributed by atoms with Crippen molar-refractivity contribution in [3.63, 3.8) is 0 Å². The second-order valence-corrected chi connectivity index (χ2v) is 4.20. The van der Waals surface area contributed by atoms with E-state index < -0.39 is 0 Å². The third-order valence-electron chi connectivity index (χ3n) is 2.29. The van der Waals surface area contributed by atoms with Gasteiger partial charge in [-0.1, -0.05) is 0 Å². The summed E-state index contributed by atoms with van der Waals surface area (Å²) in [7, 11) is 3.91. The first kappa shape index (κ1) is 11.8. The molecule has 2 aromatic heterocycles.